The van der Waals surface area contributed by atoms with Crippen LogP contribution in [-0.4, -0.2) is 76.9 Å². The maximum absolute atomic E-state index is 12.6. The van der Waals surface area contributed by atoms with Crippen LogP contribution in [0.2, 0.25) is 0 Å². The number of rotatable bonds is 7. The molecule has 150 valence electrons. The second kappa shape index (κ2) is 9.29. The summed E-state index contributed by atoms with van der Waals surface area (Å²) in [4.78, 5) is 26.6. The maximum Gasteiger partial charge on any atom is 0.253 e. The number of nitrogens with one attached hydrogen (secondary N) is 1. The minimum Gasteiger partial charge on any atom is -0.383 e. The number of benzene rings is 1. The van der Waals surface area contributed by atoms with E-state index in [0.29, 0.717) is 44.6 Å². The zero-order chi connectivity index (χ0) is 20.0. The summed E-state index contributed by atoms with van der Waals surface area (Å²) in [6.07, 6.45) is 1.22. The molecule has 0 saturated carbocycles. The second-order valence-corrected chi connectivity index (χ2v) is 8.81. The Bertz CT molecular complexity index is 754. The molecule has 0 spiro atoms. The Labute approximate surface area is 160 Å². The van der Waals surface area contributed by atoms with Crippen molar-refractivity contribution >= 4 is 21.8 Å². The number of hydrogen-bond donors (Lipinski definition) is 1. The van der Waals surface area contributed by atoms with Gasteiger partial charge in [-0.2, -0.15) is 0 Å². The van der Waals surface area contributed by atoms with Gasteiger partial charge in [-0.25, -0.2) is 12.7 Å². The first-order chi connectivity index (χ1) is 12.8. The van der Waals surface area contributed by atoms with E-state index in [1.807, 2.05) is 0 Å². The molecule has 9 heteroatoms. The summed E-state index contributed by atoms with van der Waals surface area (Å²) < 4.78 is 30.2. The van der Waals surface area contributed by atoms with Crippen molar-refractivity contribution in [2.75, 3.05) is 47.4 Å². The molecular formula is C18H27N3O5S. The van der Waals surface area contributed by atoms with E-state index in [2.05, 4.69) is 5.32 Å². The fraction of sp³-hybridized carbons (Fsp3) is 0.556. The summed E-state index contributed by atoms with van der Waals surface area (Å²) in [5, 5.41) is 2.83. The van der Waals surface area contributed by atoms with Gasteiger partial charge in [0.25, 0.3) is 5.91 Å². The fourth-order valence-electron chi connectivity index (χ4n) is 2.93. The first kappa shape index (κ1) is 21.3. The topological polar surface area (TPSA) is 96.0 Å². The first-order valence-electron chi connectivity index (χ1n) is 8.86. The second-order valence-electron chi connectivity index (χ2n) is 6.66. The van der Waals surface area contributed by atoms with E-state index in [9.17, 15) is 18.0 Å². The van der Waals surface area contributed by atoms with Crippen LogP contribution in [0.3, 0.4) is 0 Å². The lowest BCUT2D eigenvalue weighted by molar-refractivity contribution is -0.126. The van der Waals surface area contributed by atoms with Gasteiger partial charge in [-0.15, -0.1) is 0 Å². The molecule has 1 aromatic carbocycles. The monoisotopic (exact) mass is 397 g/mol. The lowest BCUT2D eigenvalue weighted by atomic mass is 9.95. The van der Waals surface area contributed by atoms with E-state index in [1.54, 1.807) is 12.0 Å². The molecular weight excluding hydrogens is 370 g/mol. The quantitative estimate of drug-likeness (QED) is 0.678. The van der Waals surface area contributed by atoms with Crippen LogP contribution in [0.25, 0.3) is 0 Å². The summed E-state index contributed by atoms with van der Waals surface area (Å²) in [7, 11) is 0.991. The highest BCUT2D eigenvalue weighted by atomic mass is 32.2. The summed E-state index contributed by atoms with van der Waals surface area (Å²) >= 11 is 0. The Morgan fingerprint density at radius 3 is 2.30 bits per heavy atom. The molecule has 0 aliphatic carbocycles. The van der Waals surface area contributed by atoms with Crippen molar-refractivity contribution in [2.24, 2.45) is 5.92 Å². The zero-order valence-corrected chi connectivity index (χ0v) is 16.8. The molecule has 1 saturated heterocycles. The highest BCUT2D eigenvalue weighted by Gasteiger charge is 2.28. The molecule has 1 heterocycles. The van der Waals surface area contributed by atoms with Crippen molar-refractivity contribution in [3.05, 3.63) is 29.8 Å². The van der Waals surface area contributed by atoms with Gasteiger partial charge in [0, 0.05) is 52.3 Å². The van der Waals surface area contributed by atoms with Crippen LogP contribution < -0.4 is 5.32 Å². The van der Waals surface area contributed by atoms with Gasteiger partial charge in [0.2, 0.25) is 15.9 Å². The molecule has 1 aromatic rings. The predicted molar refractivity (Wildman–Crippen MR) is 101 cm³/mol. The van der Waals surface area contributed by atoms with E-state index in [1.165, 1.54) is 38.4 Å². The van der Waals surface area contributed by atoms with Crippen molar-refractivity contribution < 1.29 is 22.7 Å². The highest BCUT2D eigenvalue weighted by molar-refractivity contribution is 7.89. The van der Waals surface area contributed by atoms with Crippen LogP contribution in [0.4, 0.5) is 0 Å². The number of ether oxygens (including phenoxy) is 1. The molecule has 0 unspecified atom stereocenters. The number of amides is 2. The average molecular weight is 397 g/mol. The molecule has 2 rings (SSSR count). The van der Waals surface area contributed by atoms with Crippen LogP contribution in [0.15, 0.2) is 29.2 Å². The van der Waals surface area contributed by atoms with Crippen molar-refractivity contribution in [2.45, 2.75) is 17.7 Å². The molecule has 0 radical (unpaired) electrons. The highest BCUT2D eigenvalue weighted by Crippen LogP contribution is 2.20. The number of likely N-dealkylation sites (tertiary alicyclic amines) is 1. The standard InChI is InChI=1S/C18H27N3O5S/c1-20(2)27(24,25)16-6-4-15(5-7-16)18(23)21-11-8-14(9-12-21)17(22)19-10-13-26-3/h4-7,14H,8-13H2,1-3H3,(H,19,22). The molecule has 27 heavy (non-hydrogen) atoms. The Balaban J connectivity index is 1.93. The van der Waals surface area contributed by atoms with Crippen LogP contribution in [0.5, 0.6) is 0 Å². The van der Waals surface area contributed by atoms with Gasteiger partial charge in [0.15, 0.2) is 0 Å². The zero-order valence-electron chi connectivity index (χ0n) is 16.0. The molecule has 1 aliphatic rings. The van der Waals surface area contributed by atoms with E-state index in [-0.39, 0.29) is 22.6 Å². The molecule has 0 bridgehead atoms. The van der Waals surface area contributed by atoms with Gasteiger partial charge < -0.3 is 15.0 Å². The Kier molecular flexibility index (Phi) is 7.34. The lowest BCUT2D eigenvalue weighted by Crippen LogP contribution is -2.43. The van der Waals surface area contributed by atoms with Gasteiger partial charge in [-0.1, -0.05) is 0 Å². The molecule has 2 amide bonds. The summed E-state index contributed by atoms with van der Waals surface area (Å²) in [5.74, 6) is -0.252. The fourth-order valence-corrected chi connectivity index (χ4v) is 3.83. The summed E-state index contributed by atoms with van der Waals surface area (Å²) in [5.41, 5.74) is 0.440. The number of carbonyl (C=O) groups excluding carboxylic acids is 2. The predicted octanol–water partition coefficient (Wildman–Crippen LogP) is 0.552. The summed E-state index contributed by atoms with van der Waals surface area (Å²) in [6, 6.07) is 5.95. The third kappa shape index (κ3) is 5.27. The third-order valence-corrected chi connectivity index (χ3v) is 6.47. The van der Waals surface area contributed by atoms with Gasteiger partial charge in [0.1, 0.15) is 0 Å². The van der Waals surface area contributed by atoms with Crippen LogP contribution in [0, 0.1) is 5.92 Å². The largest absolute Gasteiger partial charge is 0.383 e. The SMILES string of the molecule is COCCNC(=O)C1CCN(C(=O)c2ccc(S(=O)(=O)N(C)C)cc2)CC1. The molecule has 8 nitrogen and oxygen atoms in total. The van der Waals surface area contributed by atoms with Crippen LogP contribution in [0.1, 0.15) is 23.2 Å². The molecule has 1 fully saturated rings. The van der Waals surface area contributed by atoms with E-state index < -0.39 is 10.0 Å². The van der Waals surface area contributed by atoms with Gasteiger partial charge >= 0.3 is 0 Å². The van der Waals surface area contributed by atoms with Crippen molar-refractivity contribution in [3.8, 4) is 0 Å². The van der Waals surface area contributed by atoms with Crippen molar-refractivity contribution in [1.82, 2.24) is 14.5 Å². The molecule has 1 N–H and O–H groups in total. The number of carbonyl (C=O) groups is 2. The number of piperidine rings is 1. The van der Waals surface area contributed by atoms with Crippen LogP contribution in [-0.2, 0) is 19.6 Å². The first-order valence-corrected chi connectivity index (χ1v) is 10.3. The van der Waals surface area contributed by atoms with E-state index in [4.69, 9.17) is 4.74 Å². The minimum atomic E-state index is -3.52. The van der Waals surface area contributed by atoms with Crippen molar-refractivity contribution in [3.63, 3.8) is 0 Å². The number of nitrogens with zero attached hydrogens (tertiary/aromatic N) is 2. The Morgan fingerprint density at radius 2 is 1.78 bits per heavy atom. The number of methoxy groups -OCH3 is 1. The lowest BCUT2D eigenvalue weighted by Gasteiger charge is -2.31. The number of hydrogen-bond acceptors (Lipinski definition) is 5. The van der Waals surface area contributed by atoms with Gasteiger partial charge in [0.05, 0.1) is 11.5 Å². The van der Waals surface area contributed by atoms with Crippen molar-refractivity contribution in [1.29, 1.82) is 0 Å². The molecule has 1 aliphatic heterocycles. The maximum atomic E-state index is 12.6. The third-order valence-electron chi connectivity index (χ3n) is 4.64. The molecule has 0 aromatic heterocycles. The average Bonchev–Trinajstić information content (AvgIpc) is 2.67. The number of sulfonamides is 1. The Morgan fingerprint density at radius 1 is 1.19 bits per heavy atom. The smallest absolute Gasteiger partial charge is 0.253 e. The minimum absolute atomic E-state index is 0.00241. The normalized spacial score (nSPS) is 15.8. The Hall–Kier alpha value is -1.97. The van der Waals surface area contributed by atoms with E-state index >= 15 is 0 Å². The summed E-state index contributed by atoms with van der Waals surface area (Å²) in [6.45, 7) is 1.96. The molecule has 0 atom stereocenters. The van der Waals surface area contributed by atoms with E-state index in [0.717, 1.165) is 4.31 Å². The van der Waals surface area contributed by atoms with Crippen LogP contribution >= 0.6 is 0 Å². The van der Waals surface area contributed by atoms with Gasteiger partial charge in [-0.05, 0) is 37.1 Å². The van der Waals surface area contributed by atoms with Gasteiger partial charge in [-0.3, -0.25) is 9.59 Å².